The Balaban J connectivity index is 2.35. The monoisotopic (exact) mass is 288 g/mol. The number of carboxylic acids is 1. The summed E-state index contributed by atoms with van der Waals surface area (Å²) in [7, 11) is 0. The van der Waals surface area contributed by atoms with Crippen LogP contribution in [0.4, 0.5) is 4.79 Å². The molecule has 19 heavy (non-hydrogen) atoms. The summed E-state index contributed by atoms with van der Waals surface area (Å²) in [5.41, 5.74) is 0. The van der Waals surface area contributed by atoms with Crippen molar-refractivity contribution in [2.24, 2.45) is 5.92 Å². The van der Waals surface area contributed by atoms with Crippen LogP contribution in [0, 0.1) is 5.92 Å². The predicted octanol–water partition coefficient (Wildman–Crippen LogP) is 1.16. The van der Waals surface area contributed by atoms with Crippen LogP contribution in [0.2, 0.25) is 0 Å². The Bertz CT molecular complexity index is 360. The fourth-order valence-corrected chi connectivity index (χ4v) is 2.68. The molecule has 0 unspecified atom stereocenters. The molecule has 0 aromatic carbocycles. The number of carbonyl (C=O) groups is 3. The highest BCUT2D eigenvalue weighted by molar-refractivity contribution is 8.13. The summed E-state index contributed by atoms with van der Waals surface area (Å²) in [6, 6.07) is -0.851. The van der Waals surface area contributed by atoms with E-state index in [2.05, 4.69) is 5.32 Å². The van der Waals surface area contributed by atoms with Gasteiger partial charge in [0.05, 0.1) is 0 Å². The van der Waals surface area contributed by atoms with Gasteiger partial charge >= 0.3 is 5.97 Å². The maximum absolute atomic E-state index is 11.7. The van der Waals surface area contributed by atoms with E-state index >= 15 is 0 Å². The summed E-state index contributed by atoms with van der Waals surface area (Å²) in [5, 5.41) is 11.5. The highest BCUT2D eigenvalue weighted by atomic mass is 32.2. The number of hydrogen-bond acceptors (Lipinski definition) is 4. The van der Waals surface area contributed by atoms with Crippen LogP contribution in [0.5, 0.6) is 0 Å². The summed E-state index contributed by atoms with van der Waals surface area (Å²) < 4.78 is 0. The second-order valence-corrected chi connectivity index (χ2v) is 5.99. The number of nitrogens with zero attached hydrogens (tertiary/aromatic N) is 1. The van der Waals surface area contributed by atoms with E-state index < -0.39 is 12.0 Å². The fourth-order valence-electron chi connectivity index (χ4n) is 1.82. The fraction of sp³-hybridized carbons (Fsp3) is 0.750. The number of amides is 2. The van der Waals surface area contributed by atoms with Crippen LogP contribution in [-0.2, 0) is 9.59 Å². The zero-order valence-corrected chi connectivity index (χ0v) is 12.0. The number of hydrogen-bond donors (Lipinski definition) is 2. The molecule has 0 aromatic heterocycles. The van der Waals surface area contributed by atoms with E-state index in [1.165, 1.54) is 11.8 Å². The van der Waals surface area contributed by atoms with E-state index in [-0.39, 0.29) is 23.5 Å². The molecule has 0 saturated carbocycles. The number of rotatable bonds is 7. The maximum atomic E-state index is 11.7. The predicted molar refractivity (Wildman–Crippen MR) is 73.1 cm³/mol. The smallest absolute Gasteiger partial charge is 0.326 e. The van der Waals surface area contributed by atoms with Crippen molar-refractivity contribution in [3.63, 3.8) is 0 Å². The Kier molecular flexibility index (Phi) is 6.14. The molecule has 0 bridgehead atoms. The van der Waals surface area contributed by atoms with Gasteiger partial charge in [0.1, 0.15) is 6.04 Å². The quantitative estimate of drug-likeness (QED) is 0.734. The van der Waals surface area contributed by atoms with Crippen molar-refractivity contribution in [3.8, 4) is 0 Å². The highest BCUT2D eigenvalue weighted by Crippen LogP contribution is 2.17. The summed E-state index contributed by atoms with van der Waals surface area (Å²) >= 11 is 1.25. The average Bonchev–Trinajstić information content (AvgIpc) is 2.70. The molecule has 0 spiro atoms. The van der Waals surface area contributed by atoms with Crippen LogP contribution in [0.15, 0.2) is 0 Å². The Labute approximate surface area is 116 Å². The number of carboxylic acid groups (broad SMARTS) is 1. The molecular formula is C12H20N2O4S. The van der Waals surface area contributed by atoms with Gasteiger partial charge in [-0.1, -0.05) is 25.6 Å². The van der Waals surface area contributed by atoms with Crippen LogP contribution in [-0.4, -0.2) is 52.0 Å². The van der Waals surface area contributed by atoms with Crippen LogP contribution >= 0.6 is 11.8 Å². The van der Waals surface area contributed by atoms with Crippen molar-refractivity contribution < 1.29 is 19.5 Å². The molecule has 1 atom stereocenters. The minimum absolute atomic E-state index is 0.00948. The van der Waals surface area contributed by atoms with Crippen molar-refractivity contribution in [3.05, 3.63) is 0 Å². The van der Waals surface area contributed by atoms with E-state index in [4.69, 9.17) is 5.11 Å². The summed E-state index contributed by atoms with van der Waals surface area (Å²) in [5.74, 6) is -0.392. The first kappa shape index (κ1) is 15.8. The van der Waals surface area contributed by atoms with Crippen molar-refractivity contribution >= 4 is 28.9 Å². The molecule has 1 heterocycles. The zero-order chi connectivity index (χ0) is 14.4. The van der Waals surface area contributed by atoms with Crippen molar-refractivity contribution in [2.45, 2.75) is 32.7 Å². The van der Waals surface area contributed by atoms with E-state index in [1.54, 1.807) is 4.90 Å². The van der Waals surface area contributed by atoms with E-state index in [1.807, 2.05) is 13.8 Å². The highest BCUT2D eigenvalue weighted by Gasteiger charge is 2.24. The third-order valence-electron chi connectivity index (χ3n) is 2.79. The van der Waals surface area contributed by atoms with Gasteiger partial charge in [0, 0.05) is 25.3 Å². The summed E-state index contributed by atoms with van der Waals surface area (Å²) in [4.78, 5) is 35.6. The zero-order valence-electron chi connectivity index (χ0n) is 11.2. The van der Waals surface area contributed by atoms with Crippen molar-refractivity contribution in [1.82, 2.24) is 10.2 Å². The molecule has 1 aliphatic heterocycles. The van der Waals surface area contributed by atoms with Crippen molar-refractivity contribution in [1.29, 1.82) is 0 Å². The van der Waals surface area contributed by atoms with Gasteiger partial charge in [0.25, 0.3) is 5.24 Å². The van der Waals surface area contributed by atoms with Crippen molar-refractivity contribution in [2.75, 3.05) is 18.8 Å². The Hall–Kier alpha value is -1.24. The third kappa shape index (κ3) is 5.50. The average molecular weight is 288 g/mol. The lowest BCUT2D eigenvalue weighted by Gasteiger charge is -2.18. The number of aliphatic carboxylic acids is 1. The second-order valence-electron chi connectivity index (χ2n) is 4.94. The lowest BCUT2D eigenvalue weighted by atomic mass is 10.0. The number of thioether (sulfide) groups is 1. The Morgan fingerprint density at radius 3 is 2.63 bits per heavy atom. The van der Waals surface area contributed by atoms with Gasteiger partial charge in [-0.3, -0.25) is 9.59 Å². The van der Waals surface area contributed by atoms with Gasteiger partial charge in [-0.25, -0.2) is 4.79 Å². The molecule has 1 rings (SSSR count). The largest absolute Gasteiger partial charge is 0.480 e. The molecule has 1 aliphatic rings. The summed E-state index contributed by atoms with van der Waals surface area (Å²) in [6.45, 7) is 4.82. The molecule has 7 heteroatoms. The van der Waals surface area contributed by atoms with E-state index in [0.717, 1.165) is 5.75 Å². The third-order valence-corrected chi connectivity index (χ3v) is 3.69. The first-order valence-corrected chi connectivity index (χ1v) is 7.32. The lowest BCUT2D eigenvalue weighted by Crippen LogP contribution is -2.42. The van der Waals surface area contributed by atoms with Gasteiger partial charge < -0.3 is 15.3 Å². The summed E-state index contributed by atoms with van der Waals surface area (Å²) in [6.07, 6.45) is 0.549. The van der Waals surface area contributed by atoms with E-state index in [0.29, 0.717) is 19.5 Å². The Morgan fingerprint density at radius 1 is 1.47 bits per heavy atom. The van der Waals surface area contributed by atoms with Gasteiger partial charge in [0.15, 0.2) is 0 Å². The molecular weight excluding hydrogens is 268 g/mol. The lowest BCUT2D eigenvalue weighted by molar-refractivity contribution is -0.142. The standard InChI is InChI=1S/C12H20N2O4S/c1-8(2)7-9(11(16)17)13-10(15)3-4-14-5-6-19-12(14)18/h8-9H,3-7H2,1-2H3,(H,13,15)(H,16,17)/t9-/m1/s1. The second kappa shape index (κ2) is 7.37. The molecule has 6 nitrogen and oxygen atoms in total. The molecule has 1 saturated heterocycles. The van der Waals surface area contributed by atoms with Crippen LogP contribution in [0.3, 0.4) is 0 Å². The Morgan fingerprint density at radius 2 is 2.16 bits per heavy atom. The molecule has 108 valence electrons. The topological polar surface area (TPSA) is 86.7 Å². The molecule has 0 radical (unpaired) electrons. The molecule has 2 amide bonds. The van der Waals surface area contributed by atoms with Gasteiger partial charge in [-0.05, 0) is 12.3 Å². The first-order valence-electron chi connectivity index (χ1n) is 6.34. The van der Waals surface area contributed by atoms with Crippen LogP contribution < -0.4 is 5.32 Å². The minimum atomic E-state index is -1.02. The number of nitrogens with one attached hydrogen (secondary N) is 1. The minimum Gasteiger partial charge on any atom is -0.480 e. The molecule has 1 fully saturated rings. The molecule has 0 aliphatic carbocycles. The van der Waals surface area contributed by atoms with Gasteiger partial charge in [-0.2, -0.15) is 0 Å². The van der Waals surface area contributed by atoms with Gasteiger partial charge in [-0.15, -0.1) is 0 Å². The van der Waals surface area contributed by atoms with Crippen LogP contribution in [0.25, 0.3) is 0 Å². The van der Waals surface area contributed by atoms with Gasteiger partial charge in [0.2, 0.25) is 5.91 Å². The number of carbonyl (C=O) groups excluding carboxylic acids is 2. The van der Waals surface area contributed by atoms with Crippen LogP contribution in [0.1, 0.15) is 26.7 Å². The SMILES string of the molecule is CC(C)C[C@@H](NC(=O)CCN1CCSC1=O)C(=O)O. The first-order chi connectivity index (χ1) is 8.90. The molecule has 2 N–H and O–H groups in total. The maximum Gasteiger partial charge on any atom is 0.326 e. The van der Waals surface area contributed by atoms with E-state index in [9.17, 15) is 14.4 Å². The normalized spacial score (nSPS) is 16.8. The molecule has 0 aromatic rings.